The van der Waals surface area contributed by atoms with Crippen LogP contribution in [0.2, 0.25) is 10.0 Å². The summed E-state index contributed by atoms with van der Waals surface area (Å²) in [5.74, 6) is 0.448. The second kappa shape index (κ2) is 9.27. The lowest BCUT2D eigenvalue weighted by molar-refractivity contribution is 0.599. The van der Waals surface area contributed by atoms with Crippen molar-refractivity contribution in [1.29, 1.82) is 0 Å². The van der Waals surface area contributed by atoms with Crippen molar-refractivity contribution in [1.82, 2.24) is 9.97 Å². The van der Waals surface area contributed by atoms with E-state index in [1.807, 2.05) is 0 Å². The summed E-state index contributed by atoms with van der Waals surface area (Å²) in [5.41, 5.74) is 0.476. The number of aromatic nitrogens is 2. The Kier molecular flexibility index (Phi) is 6.59. The Morgan fingerprint density at radius 1 is 0.758 bits per heavy atom. The molecule has 4 rings (SSSR count). The Balaban J connectivity index is 1.66. The quantitative estimate of drug-likeness (QED) is 0.336. The van der Waals surface area contributed by atoms with Gasteiger partial charge in [-0.2, -0.15) is 0 Å². The van der Waals surface area contributed by atoms with Crippen LogP contribution in [-0.2, 0) is 20.0 Å². The highest BCUT2D eigenvalue weighted by molar-refractivity contribution is 7.94. The van der Waals surface area contributed by atoms with E-state index >= 15 is 0 Å². The lowest BCUT2D eigenvalue weighted by Crippen LogP contribution is -2.17. The molecule has 4 aromatic rings. The van der Waals surface area contributed by atoms with Gasteiger partial charge in [0.15, 0.2) is 5.82 Å². The smallest absolute Gasteiger partial charge is 0.271 e. The number of nitrogens with zero attached hydrogens (tertiary/aromatic N) is 2. The van der Waals surface area contributed by atoms with Gasteiger partial charge in [0, 0.05) is 18.0 Å². The SMILES string of the molecule is O=S(=O)(Nc1cc(Cl)c(Cl)cc1NS(=O)(=O)c1cccs1)c1ccc(-c2ncccn2)cc1. The van der Waals surface area contributed by atoms with Crippen molar-refractivity contribution in [2.45, 2.75) is 9.10 Å². The molecule has 2 aromatic heterocycles. The first-order chi connectivity index (χ1) is 15.7. The van der Waals surface area contributed by atoms with E-state index in [9.17, 15) is 16.8 Å². The molecule has 0 saturated carbocycles. The van der Waals surface area contributed by atoms with Crippen LogP contribution < -0.4 is 9.44 Å². The summed E-state index contributed by atoms with van der Waals surface area (Å²) in [7, 11) is -8.06. The van der Waals surface area contributed by atoms with Crippen molar-refractivity contribution in [3.63, 3.8) is 0 Å². The van der Waals surface area contributed by atoms with Gasteiger partial charge in [-0.15, -0.1) is 11.3 Å². The first kappa shape index (κ1) is 23.5. The van der Waals surface area contributed by atoms with Gasteiger partial charge in [-0.05, 0) is 53.9 Å². The predicted molar refractivity (Wildman–Crippen MR) is 130 cm³/mol. The molecule has 0 amide bonds. The van der Waals surface area contributed by atoms with Crippen molar-refractivity contribution in [3.8, 4) is 11.4 Å². The minimum atomic E-state index is -4.10. The zero-order valence-corrected chi connectivity index (χ0v) is 20.4. The second-order valence-corrected chi connectivity index (χ2v) is 11.9. The fraction of sp³-hybridized carbons (Fsp3) is 0. The van der Waals surface area contributed by atoms with Gasteiger partial charge >= 0.3 is 0 Å². The van der Waals surface area contributed by atoms with Gasteiger partial charge in [0.2, 0.25) is 0 Å². The van der Waals surface area contributed by atoms with E-state index < -0.39 is 20.0 Å². The summed E-state index contributed by atoms with van der Waals surface area (Å²) in [6, 6.07) is 13.1. The summed E-state index contributed by atoms with van der Waals surface area (Å²) >= 11 is 13.1. The van der Waals surface area contributed by atoms with Crippen LogP contribution in [0.3, 0.4) is 0 Å². The molecule has 0 saturated heterocycles. The molecule has 0 aliphatic carbocycles. The van der Waals surface area contributed by atoms with Gasteiger partial charge in [-0.3, -0.25) is 9.44 Å². The average molecular weight is 541 g/mol. The fourth-order valence-corrected chi connectivity index (χ4v) is 6.22. The number of benzene rings is 2. The van der Waals surface area contributed by atoms with Gasteiger partial charge in [0.05, 0.1) is 26.3 Å². The van der Waals surface area contributed by atoms with Crippen LogP contribution >= 0.6 is 34.5 Å². The van der Waals surface area contributed by atoms with E-state index in [1.54, 1.807) is 42.0 Å². The third kappa shape index (κ3) is 5.28. The van der Waals surface area contributed by atoms with Crippen molar-refractivity contribution >= 4 is 66.0 Å². The largest absolute Gasteiger partial charge is 0.277 e. The number of hydrogen-bond donors (Lipinski definition) is 2. The molecule has 0 bridgehead atoms. The highest BCUT2D eigenvalue weighted by Gasteiger charge is 2.22. The normalized spacial score (nSPS) is 11.8. The standard InChI is InChI=1S/C20H14Cl2N4O4S3/c21-15-11-17(18(12-16(15)22)26-33(29,30)19-3-1-10-31-19)25-32(27,28)14-6-4-13(5-7-14)20-23-8-2-9-24-20/h1-12,25-26H. The Labute approximate surface area is 204 Å². The third-order valence-corrected chi connectivity index (χ3v) is 9.16. The summed E-state index contributed by atoms with van der Waals surface area (Å²) in [4.78, 5) is 8.20. The number of sulfonamides is 2. The first-order valence-corrected chi connectivity index (χ1v) is 13.7. The van der Waals surface area contributed by atoms with E-state index in [0.717, 1.165) is 11.3 Å². The van der Waals surface area contributed by atoms with Crippen LogP contribution in [0.4, 0.5) is 11.4 Å². The number of hydrogen-bond acceptors (Lipinski definition) is 7. The minimum Gasteiger partial charge on any atom is -0.277 e. The zero-order chi connectivity index (χ0) is 23.6. The van der Waals surface area contributed by atoms with Crippen LogP contribution in [0.25, 0.3) is 11.4 Å². The molecule has 33 heavy (non-hydrogen) atoms. The van der Waals surface area contributed by atoms with Crippen LogP contribution in [-0.4, -0.2) is 26.8 Å². The van der Waals surface area contributed by atoms with E-state index in [1.165, 1.54) is 30.3 Å². The molecule has 0 unspecified atom stereocenters. The molecule has 2 aromatic carbocycles. The number of anilines is 2. The van der Waals surface area contributed by atoms with Crippen molar-refractivity contribution in [2.75, 3.05) is 9.44 Å². The molecular formula is C20H14Cl2N4O4S3. The number of rotatable bonds is 7. The highest BCUT2D eigenvalue weighted by atomic mass is 35.5. The van der Waals surface area contributed by atoms with Crippen molar-refractivity contribution < 1.29 is 16.8 Å². The number of thiophene rings is 1. The lowest BCUT2D eigenvalue weighted by Gasteiger charge is -2.15. The maximum absolute atomic E-state index is 13.0. The van der Waals surface area contributed by atoms with Gasteiger partial charge in [-0.1, -0.05) is 29.3 Å². The molecule has 0 fully saturated rings. The summed E-state index contributed by atoms with van der Waals surface area (Å²) < 4.78 is 56.1. The second-order valence-electron chi connectivity index (χ2n) is 6.55. The molecule has 0 radical (unpaired) electrons. The maximum Gasteiger partial charge on any atom is 0.271 e. The molecule has 0 atom stereocenters. The molecule has 2 N–H and O–H groups in total. The Hall–Kier alpha value is -2.70. The van der Waals surface area contributed by atoms with E-state index in [-0.39, 0.29) is 30.5 Å². The molecule has 13 heteroatoms. The first-order valence-electron chi connectivity index (χ1n) is 9.11. The maximum atomic E-state index is 13.0. The van der Waals surface area contributed by atoms with Crippen LogP contribution in [0, 0.1) is 0 Å². The molecule has 0 aliphatic rings. The van der Waals surface area contributed by atoms with Gasteiger partial charge < -0.3 is 0 Å². The predicted octanol–water partition coefficient (Wildman–Crippen LogP) is 5.11. The van der Waals surface area contributed by atoms with Gasteiger partial charge in [0.1, 0.15) is 4.21 Å². The fourth-order valence-electron chi connectivity index (χ4n) is 2.76. The Morgan fingerprint density at radius 2 is 1.33 bits per heavy atom. The third-order valence-electron chi connectivity index (χ3n) is 4.30. The van der Waals surface area contributed by atoms with Gasteiger partial charge in [0.25, 0.3) is 20.0 Å². The molecule has 8 nitrogen and oxygen atoms in total. The molecular weight excluding hydrogens is 527 g/mol. The van der Waals surface area contributed by atoms with Gasteiger partial charge in [-0.25, -0.2) is 26.8 Å². The zero-order valence-electron chi connectivity index (χ0n) is 16.4. The molecule has 0 spiro atoms. The monoisotopic (exact) mass is 540 g/mol. The number of nitrogens with one attached hydrogen (secondary N) is 2. The highest BCUT2D eigenvalue weighted by Crippen LogP contribution is 2.35. The summed E-state index contributed by atoms with van der Waals surface area (Å²) in [6.07, 6.45) is 3.16. The topological polar surface area (TPSA) is 118 Å². The van der Waals surface area contributed by atoms with E-state index in [0.29, 0.717) is 11.4 Å². The van der Waals surface area contributed by atoms with E-state index in [2.05, 4.69) is 19.4 Å². The van der Waals surface area contributed by atoms with Crippen LogP contribution in [0.5, 0.6) is 0 Å². The van der Waals surface area contributed by atoms with E-state index in [4.69, 9.17) is 23.2 Å². The summed E-state index contributed by atoms with van der Waals surface area (Å²) in [5, 5.41) is 1.71. The number of halogens is 2. The minimum absolute atomic E-state index is 0.0463. The Morgan fingerprint density at radius 3 is 1.88 bits per heavy atom. The summed E-state index contributed by atoms with van der Waals surface area (Å²) in [6.45, 7) is 0. The lowest BCUT2D eigenvalue weighted by atomic mass is 10.2. The molecule has 0 aliphatic heterocycles. The molecule has 2 heterocycles. The van der Waals surface area contributed by atoms with Crippen molar-refractivity contribution in [3.05, 3.63) is 82.4 Å². The average Bonchev–Trinajstić information content (AvgIpc) is 3.34. The van der Waals surface area contributed by atoms with Crippen molar-refractivity contribution in [2.24, 2.45) is 0 Å². The van der Waals surface area contributed by atoms with Crippen LogP contribution in [0.1, 0.15) is 0 Å². The molecule has 170 valence electrons. The van der Waals surface area contributed by atoms with Crippen LogP contribution in [0.15, 0.2) is 81.5 Å². The Bertz CT molecular complexity index is 1500.